The van der Waals surface area contributed by atoms with Crippen molar-refractivity contribution in [2.24, 2.45) is 5.73 Å². The number of nitrogens with zero attached hydrogens (tertiary/aromatic N) is 4. The minimum atomic E-state index is -0.474. The lowest BCUT2D eigenvalue weighted by Gasteiger charge is -2.35. The van der Waals surface area contributed by atoms with Crippen molar-refractivity contribution in [1.82, 2.24) is 25.5 Å². The molecule has 0 bridgehead atoms. The number of aromatic nitrogens is 4. The second kappa shape index (κ2) is 5.61. The molecule has 1 fully saturated rings. The zero-order chi connectivity index (χ0) is 14.7. The molecule has 1 saturated heterocycles. The maximum Gasteiger partial charge on any atom is 0.241 e. The lowest BCUT2D eigenvalue weighted by atomic mass is 9.72. The molecule has 21 heavy (non-hydrogen) atoms. The van der Waals surface area contributed by atoms with Crippen LogP contribution in [0.1, 0.15) is 24.2 Å². The molecular weight excluding hydrogens is 268 g/mol. The Morgan fingerprint density at radius 3 is 2.67 bits per heavy atom. The minimum Gasteiger partial charge on any atom is -0.368 e. The average Bonchev–Trinajstić information content (AvgIpc) is 2.97. The fourth-order valence-electron chi connectivity index (χ4n) is 2.89. The molecule has 1 aromatic heterocycles. The second-order valence-electron chi connectivity index (χ2n) is 5.31. The van der Waals surface area contributed by atoms with E-state index < -0.39 is 5.91 Å². The Balaban J connectivity index is 1.99. The fraction of sp³-hybridized carbons (Fsp3) is 0.429. The van der Waals surface area contributed by atoms with Crippen LogP contribution in [0.4, 0.5) is 0 Å². The van der Waals surface area contributed by atoms with Gasteiger partial charge in [0.1, 0.15) is 6.54 Å². The first-order chi connectivity index (χ1) is 10.2. The summed E-state index contributed by atoms with van der Waals surface area (Å²) in [6.07, 6.45) is 1.80. The van der Waals surface area contributed by atoms with Gasteiger partial charge < -0.3 is 11.1 Å². The van der Waals surface area contributed by atoms with Gasteiger partial charge in [0, 0.05) is 0 Å². The standard InChI is InChI=1S/C14H18N6O/c15-12(21)10-20-18-13(17-19-20)14(6-8-16-9-7-14)11-4-2-1-3-5-11/h1-5,16H,6-10H2,(H2,15,21). The molecule has 1 amide bonds. The summed E-state index contributed by atoms with van der Waals surface area (Å²) in [5, 5.41) is 15.9. The van der Waals surface area contributed by atoms with Gasteiger partial charge in [-0.15, -0.1) is 10.2 Å². The number of rotatable bonds is 4. The largest absolute Gasteiger partial charge is 0.368 e. The molecule has 110 valence electrons. The molecule has 0 unspecified atom stereocenters. The summed E-state index contributed by atoms with van der Waals surface area (Å²) in [5.41, 5.74) is 6.12. The normalized spacial score (nSPS) is 17.5. The Kier molecular flexibility index (Phi) is 3.66. The number of primary amides is 1. The first-order valence-corrected chi connectivity index (χ1v) is 7.03. The van der Waals surface area contributed by atoms with Crippen molar-refractivity contribution in [3.63, 3.8) is 0 Å². The number of nitrogens with one attached hydrogen (secondary N) is 1. The molecule has 7 heteroatoms. The van der Waals surface area contributed by atoms with E-state index in [4.69, 9.17) is 5.73 Å². The predicted molar refractivity (Wildman–Crippen MR) is 76.3 cm³/mol. The van der Waals surface area contributed by atoms with E-state index in [1.165, 1.54) is 10.4 Å². The van der Waals surface area contributed by atoms with Crippen LogP contribution in [0.5, 0.6) is 0 Å². The monoisotopic (exact) mass is 286 g/mol. The number of benzene rings is 1. The zero-order valence-electron chi connectivity index (χ0n) is 11.7. The van der Waals surface area contributed by atoms with Gasteiger partial charge in [-0.05, 0) is 36.7 Å². The van der Waals surface area contributed by atoms with Crippen LogP contribution >= 0.6 is 0 Å². The van der Waals surface area contributed by atoms with Gasteiger partial charge in [-0.2, -0.15) is 4.80 Å². The summed E-state index contributed by atoms with van der Waals surface area (Å²) in [6, 6.07) is 10.2. The summed E-state index contributed by atoms with van der Waals surface area (Å²) >= 11 is 0. The zero-order valence-corrected chi connectivity index (χ0v) is 11.7. The van der Waals surface area contributed by atoms with Gasteiger partial charge in [0.15, 0.2) is 5.82 Å². The molecule has 0 aliphatic carbocycles. The van der Waals surface area contributed by atoms with Crippen molar-refractivity contribution < 1.29 is 4.79 Å². The van der Waals surface area contributed by atoms with Crippen LogP contribution in [-0.2, 0) is 16.8 Å². The number of carbonyl (C=O) groups excluding carboxylic acids is 1. The van der Waals surface area contributed by atoms with Crippen molar-refractivity contribution in [3.05, 3.63) is 41.7 Å². The predicted octanol–water partition coefficient (Wildman–Crippen LogP) is -0.172. The number of piperidine rings is 1. The van der Waals surface area contributed by atoms with Crippen molar-refractivity contribution in [2.45, 2.75) is 24.8 Å². The SMILES string of the molecule is NC(=O)Cn1nnc(C2(c3ccccc3)CCNCC2)n1. The molecule has 0 radical (unpaired) electrons. The number of hydrogen-bond acceptors (Lipinski definition) is 5. The van der Waals surface area contributed by atoms with Crippen LogP contribution in [-0.4, -0.2) is 39.2 Å². The molecule has 7 nitrogen and oxygen atoms in total. The van der Waals surface area contributed by atoms with Crippen LogP contribution in [0.15, 0.2) is 30.3 Å². The van der Waals surface area contributed by atoms with E-state index in [1.54, 1.807) is 0 Å². The number of nitrogens with two attached hydrogens (primary N) is 1. The summed E-state index contributed by atoms with van der Waals surface area (Å²) in [4.78, 5) is 12.3. The highest BCUT2D eigenvalue weighted by molar-refractivity contribution is 5.73. The molecule has 3 N–H and O–H groups in total. The van der Waals surface area contributed by atoms with E-state index in [0.717, 1.165) is 25.9 Å². The van der Waals surface area contributed by atoms with Gasteiger partial charge in [0.05, 0.1) is 5.41 Å². The molecule has 0 atom stereocenters. The molecule has 3 rings (SSSR count). The van der Waals surface area contributed by atoms with Crippen molar-refractivity contribution in [3.8, 4) is 0 Å². The van der Waals surface area contributed by atoms with Gasteiger partial charge in [-0.25, -0.2) is 0 Å². The third kappa shape index (κ3) is 2.64. The maximum atomic E-state index is 11.0. The molecule has 0 spiro atoms. The van der Waals surface area contributed by atoms with E-state index in [2.05, 4.69) is 32.9 Å². The number of hydrogen-bond donors (Lipinski definition) is 2. The summed E-state index contributed by atoms with van der Waals surface area (Å²) in [5.74, 6) is 0.189. The Bertz CT molecular complexity index is 617. The quantitative estimate of drug-likeness (QED) is 0.813. The molecule has 2 aromatic rings. The van der Waals surface area contributed by atoms with Crippen LogP contribution in [0.2, 0.25) is 0 Å². The number of carbonyl (C=O) groups is 1. The highest BCUT2D eigenvalue weighted by Gasteiger charge is 2.39. The van der Waals surface area contributed by atoms with Crippen molar-refractivity contribution >= 4 is 5.91 Å². The van der Waals surface area contributed by atoms with Gasteiger partial charge in [0.2, 0.25) is 5.91 Å². The van der Waals surface area contributed by atoms with Crippen LogP contribution in [0.3, 0.4) is 0 Å². The van der Waals surface area contributed by atoms with Crippen molar-refractivity contribution in [1.29, 1.82) is 0 Å². The van der Waals surface area contributed by atoms with Gasteiger partial charge in [-0.1, -0.05) is 30.3 Å². The molecule has 1 aromatic carbocycles. The minimum absolute atomic E-state index is 0.0455. The van der Waals surface area contributed by atoms with Crippen LogP contribution in [0, 0.1) is 0 Å². The van der Waals surface area contributed by atoms with Gasteiger partial charge in [0.25, 0.3) is 0 Å². The summed E-state index contributed by atoms with van der Waals surface area (Å²) < 4.78 is 0. The summed E-state index contributed by atoms with van der Waals surface area (Å²) in [7, 11) is 0. The van der Waals surface area contributed by atoms with Crippen molar-refractivity contribution in [2.75, 3.05) is 13.1 Å². The van der Waals surface area contributed by atoms with Gasteiger partial charge in [-0.3, -0.25) is 4.79 Å². The lowest BCUT2D eigenvalue weighted by molar-refractivity contribution is -0.118. The van der Waals surface area contributed by atoms with Gasteiger partial charge >= 0.3 is 0 Å². The van der Waals surface area contributed by atoms with Crippen LogP contribution < -0.4 is 11.1 Å². The molecular formula is C14H18N6O. The second-order valence-corrected chi connectivity index (χ2v) is 5.31. The molecule has 2 heterocycles. The Morgan fingerprint density at radius 2 is 2.00 bits per heavy atom. The summed E-state index contributed by atoms with van der Waals surface area (Å²) in [6.45, 7) is 1.76. The maximum absolute atomic E-state index is 11.0. The first kappa shape index (κ1) is 13.7. The molecule has 1 aliphatic heterocycles. The number of amides is 1. The van der Waals surface area contributed by atoms with E-state index in [-0.39, 0.29) is 12.0 Å². The molecule has 0 saturated carbocycles. The third-order valence-corrected chi connectivity index (χ3v) is 3.96. The van der Waals surface area contributed by atoms with E-state index in [1.807, 2.05) is 18.2 Å². The lowest BCUT2D eigenvalue weighted by Crippen LogP contribution is -2.41. The fourth-order valence-corrected chi connectivity index (χ4v) is 2.89. The third-order valence-electron chi connectivity index (χ3n) is 3.96. The first-order valence-electron chi connectivity index (χ1n) is 7.03. The highest BCUT2D eigenvalue weighted by atomic mass is 16.1. The Hall–Kier alpha value is -2.28. The topological polar surface area (TPSA) is 98.7 Å². The van der Waals surface area contributed by atoms with E-state index in [0.29, 0.717) is 5.82 Å². The smallest absolute Gasteiger partial charge is 0.241 e. The average molecular weight is 286 g/mol. The Labute approximate surface area is 122 Å². The van der Waals surface area contributed by atoms with E-state index in [9.17, 15) is 4.79 Å². The molecule has 1 aliphatic rings. The highest BCUT2D eigenvalue weighted by Crippen LogP contribution is 2.37. The van der Waals surface area contributed by atoms with Crippen LogP contribution in [0.25, 0.3) is 0 Å². The van der Waals surface area contributed by atoms with E-state index >= 15 is 0 Å². The Morgan fingerprint density at radius 1 is 1.29 bits per heavy atom. The number of tetrazole rings is 1.